The molecule has 2 saturated carbocycles. The van der Waals surface area contributed by atoms with Crippen LogP contribution in [0.4, 0.5) is 0 Å². The monoisotopic (exact) mass is 266 g/mol. The Hall–Kier alpha value is 0. The first-order valence-electron chi connectivity index (χ1n) is 8.80. The van der Waals surface area contributed by atoms with Crippen molar-refractivity contribution < 1.29 is 0 Å². The lowest BCUT2D eigenvalue weighted by Gasteiger charge is -2.37. The van der Waals surface area contributed by atoms with Gasteiger partial charge >= 0.3 is 0 Å². The molecule has 0 saturated heterocycles. The van der Waals surface area contributed by atoms with Crippen LogP contribution in [0.15, 0.2) is 0 Å². The van der Waals surface area contributed by atoms with Gasteiger partial charge in [0.1, 0.15) is 0 Å². The molecule has 0 radical (unpaired) electrons. The molecule has 0 unspecified atom stereocenters. The molecular weight excluding hydrogens is 228 g/mol. The van der Waals surface area contributed by atoms with Crippen molar-refractivity contribution in [1.82, 2.24) is 0 Å². The summed E-state index contributed by atoms with van der Waals surface area (Å²) in [7, 11) is 0. The van der Waals surface area contributed by atoms with E-state index in [-0.39, 0.29) is 0 Å². The molecule has 0 heteroatoms. The summed E-state index contributed by atoms with van der Waals surface area (Å²) in [5, 5.41) is 0. The maximum absolute atomic E-state index is 2.46. The molecule has 0 aliphatic heterocycles. The van der Waals surface area contributed by atoms with Gasteiger partial charge in [0.15, 0.2) is 0 Å². The standard InChI is InChI=1S/C10H20.C9H18/c1-9(2)10(3)7-5-4-6-8-10;1-8(2)9(3)6-4-5-7-9/h9H,4-8H2,1-3H3;8H,4-7H2,1-3H3. The number of rotatable bonds is 2. The fourth-order valence-corrected chi connectivity index (χ4v) is 3.70. The Balaban J connectivity index is 0.000000191. The normalized spacial score (nSPS) is 25.3. The van der Waals surface area contributed by atoms with Gasteiger partial charge in [-0.05, 0) is 48.3 Å². The minimum atomic E-state index is 0.679. The number of hydrogen-bond donors (Lipinski definition) is 0. The molecule has 0 aromatic carbocycles. The van der Waals surface area contributed by atoms with E-state index in [4.69, 9.17) is 0 Å². The van der Waals surface area contributed by atoms with Crippen molar-refractivity contribution in [2.45, 2.75) is 99.3 Å². The van der Waals surface area contributed by atoms with Crippen LogP contribution in [-0.2, 0) is 0 Å². The van der Waals surface area contributed by atoms with Crippen molar-refractivity contribution in [2.24, 2.45) is 22.7 Å². The summed E-state index contributed by atoms with van der Waals surface area (Å²) in [5.41, 5.74) is 1.37. The maximum Gasteiger partial charge on any atom is -0.0303 e. The summed E-state index contributed by atoms with van der Waals surface area (Å²) >= 11 is 0. The van der Waals surface area contributed by atoms with Crippen molar-refractivity contribution in [3.63, 3.8) is 0 Å². The fraction of sp³-hybridized carbons (Fsp3) is 1.00. The van der Waals surface area contributed by atoms with Gasteiger partial charge < -0.3 is 0 Å². The Labute approximate surface area is 122 Å². The summed E-state index contributed by atoms with van der Waals surface area (Å²) in [5.74, 6) is 1.77. The highest BCUT2D eigenvalue weighted by Gasteiger charge is 2.31. The second kappa shape index (κ2) is 7.14. The minimum Gasteiger partial charge on any atom is -0.0623 e. The van der Waals surface area contributed by atoms with Gasteiger partial charge in [0.05, 0.1) is 0 Å². The van der Waals surface area contributed by atoms with Crippen LogP contribution >= 0.6 is 0 Å². The lowest BCUT2D eigenvalue weighted by atomic mass is 9.69. The molecule has 0 aromatic rings. The zero-order valence-corrected chi connectivity index (χ0v) is 14.5. The van der Waals surface area contributed by atoms with Gasteiger partial charge in [-0.25, -0.2) is 0 Å². The first kappa shape index (κ1) is 17.1. The van der Waals surface area contributed by atoms with Gasteiger partial charge in [0.25, 0.3) is 0 Å². The van der Waals surface area contributed by atoms with Crippen LogP contribution in [0.3, 0.4) is 0 Å². The van der Waals surface area contributed by atoms with Crippen LogP contribution in [0.2, 0.25) is 0 Å². The summed E-state index contributed by atoms with van der Waals surface area (Å²) in [4.78, 5) is 0. The topological polar surface area (TPSA) is 0 Å². The van der Waals surface area contributed by atoms with Gasteiger partial charge in [0, 0.05) is 0 Å². The van der Waals surface area contributed by atoms with Crippen LogP contribution in [0.25, 0.3) is 0 Å². The van der Waals surface area contributed by atoms with Gasteiger partial charge in [-0.15, -0.1) is 0 Å². The lowest BCUT2D eigenvalue weighted by Crippen LogP contribution is -2.25. The van der Waals surface area contributed by atoms with Crippen LogP contribution in [0.5, 0.6) is 0 Å². The van der Waals surface area contributed by atoms with Gasteiger partial charge in [-0.3, -0.25) is 0 Å². The van der Waals surface area contributed by atoms with Crippen LogP contribution in [0.1, 0.15) is 99.3 Å². The fourth-order valence-electron chi connectivity index (χ4n) is 3.70. The largest absolute Gasteiger partial charge is 0.0623 e. The first-order valence-corrected chi connectivity index (χ1v) is 8.80. The van der Waals surface area contributed by atoms with Crippen LogP contribution in [-0.4, -0.2) is 0 Å². The molecule has 0 bridgehead atoms. The Morgan fingerprint density at radius 1 is 0.526 bits per heavy atom. The molecule has 0 N–H and O–H groups in total. The van der Waals surface area contributed by atoms with E-state index < -0.39 is 0 Å². The Kier molecular flexibility index (Phi) is 6.40. The molecule has 114 valence electrons. The van der Waals surface area contributed by atoms with E-state index in [1.54, 1.807) is 0 Å². The maximum atomic E-state index is 2.46. The van der Waals surface area contributed by atoms with Crippen molar-refractivity contribution in [2.75, 3.05) is 0 Å². The predicted molar refractivity (Wildman–Crippen MR) is 87.4 cm³/mol. The molecule has 2 aliphatic rings. The van der Waals surface area contributed by atoms with E-state index in [0.717, 1.165) is 11.8 Å². The van der Waals surface area contributed by atoms with Gasteiger partial charge in [-0.1, -0.05) is 73.6 Å². The lowest BCUT2D eigenvalue weighted by molar-refractivity contribution is 0.143. The van der Waals surface area contributed by atoms with E-state index in [1.807, 2.05) is 0 Å². The average Bonchev–Trinajstić information content (AvgIpc) is 2.79. The third kappa shape index (κ3) is 4.80. The van der Waals surface area contributed by atoms with E-state index in [2.05, 4.69) is 41.5 Å². The molecule has 2 aliphatic carbocycles. The minimum absolute atomic E-state index is 0.679. The highest BCUT2D eigenvalue weighted by Crippen LogP contribution is 2.43. The molecule has 0 aromatic heterocycles. The summed E-state index contributed by atoms with van der Waals surface area (Å²) in [6, 6.07) is 0. The SMILES string of the molecule is CC(C)C1(C)CCCC1.CC(C)C1(C)CCCCC1. The van der Waals surface area contributed by atoms with Crippen LogP contribution < -0.4 is 0 Å². The Bertz CT molecular complexity index is 237. The van der Waals surface area contributed by atoms with E-state index in [9.17, 15) is 0 Å². The number of hydrogen-bond acceptors (Lipinski definition) is 0. The average molecular weight is 267 g/mol. The van der Waals surface area contributed by atoms with E-state index >= 15 is 0 Å². The van der Waals surface area contributed by atoms with E-state index in [0.29, 0.717) is 10.8 Å². The zero-order valence-electron chi connectivity index (χ0n) is 14.5. The molecule has 0 atom stereocenters. The zero-order chi connectivity index (χ0) is 14.5. The summed E-state index contributed by atoms with van der Waals surface area (Å²) in [6.45, 7) is 14.3. The van der Waals surface area contributed by atoms with Crippen molar-refractivity contribution in [3.05, 3.63) is 0 Å². The van der Waals surface area contributed by atoms with Crippen molar-refractivity contribution in [1.29, 1.82) is 0 Å². The quantitative estimate of drug-likeness (QED) is 0.513. The highest BCUT2D eigenvalue weighted by molar-refractivity contribution is 4.82. The van der Waals surface area contributed by atoms with Crippen molar-refractivity contribution in [3.8, 4) is 0 Å². The second-order valence-electron chi connectivity index (χ2n) is 8.39. The van der Waals surface area contributed by atoms with Crippen molar-refractivity contribution >= 4 is 0 Å². The van der Waals surface area contributed by atoms with Gasteiger partial charge in [0.2, 0.25) is 0 Å². The third-order valence-corrected chi connectivity index (χ3v) is 6.53. The predicted octanol–water partition coefficient (Wildman–Crippen LogP) is 6.84. The summed E-state index contributed by atoms with van der Waals surface area (Å²) < 4.78 is 0. The first-order chi connectivity index (χ1) is 8.80. The second-order valence-corrected chi connectivity index (χ2v) is 8.39. The van der Waals surface area contributed by atoms with Gasteiger partial charge in [-0.2, -0.15) is 0 Å². The highest BCUT2D eigenvalue weighted by atomic mass is 14.4. The molecule has 19 heavy (non-hydrogen) atoms. The molecule has 2 fully saturated rings. The molecule has 0 amide bonds. The van der Waals surface area contributed by atoms with E-state index in [1.165, 1.54) is 57.8 Å². The Morgan fingerprint density at radius 3 is 1.00 bits per heavy atom. The molecule has 2 rings (SSSR count). The molecule has 0 spiro atoms. The summed E-state index contributed by atoms with van der Waals surface area (Å²) in [6.07, 6.45) is 13.2. The third-order valence-electron chi connectivity index (χ3n) is 6.53. The molecule has 0 nitrogen and oxygen atoms in total. The Morgan fingerprint density at radius 2 is 0.789 bits per heavy atom. The molecular formula is C19H38. The molecule has 0 heterocycles. The van der Waals surface area contributed by atoms with Crippen LogP contribution in [0, 0.1) is 22.7 Å². The smallest absolute Gasteiger partial charge is 0.0303 e.